The molecular weight excluding hydrogens is 333 g/mol. The summed E-state index contributed by atoms with van der Waals surface area (Å²) >= 11 is 0. The van der Waals surface area contributed by atoms with E-state index in [9.17, 15) is 4.39 Å². The summed E-state index contributed by atoms with van der Waals surface area (Å²) < 4.78 is 20.5. The van der Waals surface area contributed by atoms with Crippen molar-refractivity contribution in [3.8, 4) is 5.75 Å². The van der Waals surface area contributed by atoms with Gasteiger partial charge in [-0.1, -0.05) is 33.3 Å². The molecule has 7 heteroatoms. The van der Waals surface area contributed by atoms with Gasteiger partial charge < -0.3 is 16.2 Å². The molecule has 0 amide bonds. The molecule has 26 heavy (non-hydrogen) atoms. The third-order valence-electron chi connectivity index (χ3n) is 4.69. The lowest BCUT2D eigenvalue weighted by Crippen LogP contribution is -2.58. The van der Waals surface area contributed by atoms with E-state index in [0.29, 0.717) is 12.3 Å². The van der Waals surface area contributed by atoms with Gasteiger partial charge in [0.05, 0.1) is 12.3 Å². The van der Waals surface area contributed by atoms with Crippen molar-refractivity contribution in [2.45, 2.75) is 58.5 Å². The molecule has 1 saturated carbocycles. The van der Waals surface area contributed by atoms with Crippen LogP contribution >= 0.6 is 0 Å². The van der Waals surface area contributed by atoms with Crippen LogP contribution in [0.25, 0.3) is 0 Å². The Kier molecular flexibility index (Phi) is 4.82. The summed E-state index contributed by atoms with van der Waals surface area (Å²) in [7, 11) is 0. The van der Waals surface area contributed by atoms with Crippen molar-refractivity contribution in [1.29, 1.82) is 0 Å². The lowest BCUT2D eigenvalue weighted by molar-refractivity contribution is 0.190. The number of halogens is 1. The highest BCUT2D eigenvalue weighted by Gasteiger charge is 2.44. The average Bonchev–Trinajstić information content (AvgIpc) is 2.53. The van der Waals surface area contributed by atoms with Gasteiger partial charge in [0.2, 0.25) is 11.9 Å². The van der Waals surface area contributed by atoms with Gasteiger partial charge in [-0.2, -0.15) is 4.99 Å². The summed E-state index contributed by atoms with van der Waals surface area (Å²) in [6.45, 7) is 6.50. The molecule has 0 unspecified atom stereocenters. The Labute approximate surface area is 154 Å². The molecule has 1 aliphatic carbocycles. The number of guanidine groups is 2. The molecule has 0 bridgehead atoms. The van der Waals surface area contributed by atoms with Crippen molar-refractivity contribution in [1.82, 2.24) is 0 Å². The molecule has 0 atom stereocenters. The third-order valence-corrected chi connectivity index (χ3v) is 4.69. The Morgan fingerprint density at radius 3 is 2.54 bits per heavy atom. The molecular formula is C19H28FN5O. The minimum atomic E-state index is -0.623. The van der Waals surface area contributed by atoms with Crippen molar-refractivity contribution < 1.29 is 9.13 Å². The van der Waals surface area contributed by atoms with Crippen LogP contribution in [0.15, 0.2) is 28.2 Å². The van der Waals surface area contributed by atoms with E-state index in [-0.39, 0.29) is 23.1 Å². The van der Waals surface area contributed by atoms with Gasteiger partial charge in [0, 0.05) is 0 Å². The number of hydrogen-bond acceptors (Lipinski definition) is 6. The Bertz CT molecular complexity index is 732. The molecule has 0 radical (unpaired) electrons. The maximum atomic E-state index is 14.6. The van der Waals surface area contributed by atoms with Crippen LogP contribution in [0.3, 0.4) is 0 Å². The fourth-order valence-corrected chi connectivity index (χ4v) is 3.57. The topological polar surface area (TPSA) is 89.2 Å². The fourth-order valence-electron chi connectivity index (χ4n) is 3.57. The zero-order chi connectivity index (χ0) is 18.9. The Morgan fingerprint density at radius 2 is 1.88 bits per heavy atom. The first-order valence-electron chi connectivity index (χ1n) is 9.13. The molecule has 3 rings (SSSR count). The number of hydrogen-bond donors (Lipinski definition) is 2. The van der Waals surface area contributed by atoms with Crippen LogP contribution in [0.4, 0.5) is 10.1 Å². The summed E-state index contributed by atoms with van der Waals surface area (Å²) in [6.07, 6.45) is 4.74. The highest BCUT2D eigenvalue weighted by Crippen LogP contribution is 2.43. The van der Waals surface area contributed by atoms with Crippen LogP contribution < -0.4 is 21.1 Å². The highest BCUT2D eigenvalue weighted by atomic mass is 19.1. The van der Waals surface area contributed by atoms with Crippen molar-refractivity contribution >= 4 is 17.6 Å². The van der Waals surface area contributed by atoms with Gasteiger partial charge in [0.25, 0.3) is 0 Å². The Morgan fingerprint density at radius 1 is 1.19 bits per heavy atom. The molecule has 4 N–H and O–H groups in total. The second-order valence-corrected chi connectivity index (χ2v) is 8.26. The van der Waals surface area contributed by atoms with E-state index in [1.807, 2.05) is 25.7 Å². The minimum absolute atomic E-state index is 0.105. The molecule has 1 aliphatic heterocycles. The number of rotatable bonds is 3. The normalized spacial score (nSPS) is 19.9. The highest BCUT2D eigenvalue weighted by molar-refractivity contribution is 6.06. The van der Waals surface area contributed by atoms with E-state index < -0.39 is 11.5 Å². The number of nitrogens with zero attached hydrogens (tertiary/aromatic N) is 3. The first kappa shape index (κ1) is 18.5. The first-order chi connectivity index (χ1) is 12.2. The molecule has 1 heterocycles. The van der Waals surface area contributed by atoms with Gasteiger partial charge in [0.15, 0.2) is 11.6 Å². The maximum Gasteiger partial charge on any atom is 0.220 e. The van der Waals surface area contributed by atoms with Gasteiger partial charge in [-0.3, -0.25) is 4.90 Å². The molecule has 6 nitrogen and oxygen atoms in total. The molecule has 142 valence electrons. The summed E-state index contributed by atoms with van der Waals surface area (Å²) in [5.74, 6) is 0.161. The lowest BCUT2D eigenvalue weighted by Gasteiger charge is -2.46. The van der Waals surface area contributed by atoms with Gasteiger partial charge >= 0.3 is 0 Å². The number of ether oxygens (including phenoxy) is 1. The predicted octanol–water partition coefficient (Wildman–Crippen LogP) is 3.36. The maximum absolute atomic E-state index is 14.6. The Hall–Kier alpha value is -2.31. The van der Waals surface area contributed by atoms with Gasteiger partial charge in [-0.15, -0.1) is 0 Å². The minimum Gasteiger partial charge on any atom is -0.488 e. The quantitative estimate of drug-likeness (QED) is 0.864. The standard InChI is InChI=1S/C19H28FN5O/c1-18(2,3)12-26-15-13(20)8-7-9-14(15)25-17(22)23-16(21)24-19(25)10-5-4-6-11-19/h7-9H,4-6,10-12H2,1-3H3,(H4,21,22,23,24). The number of benzene rings is 1. The van der Waals surface area contributed by atoms with E-state index in [1.165, 1.54) is 6.07 Å². The van der Waals surface area contributed by atoms with Crippen LogP contribution in [-0.2, 0) is 0 Å². The molecule has 1 spiro atoms. The SMILES string of the molecule is CC(C)(C)COc1c(F)cccc1N1C(N)=NC(N)=NC12CCCCC2. The van der Waals surface area contributed by atoms with E-state index >= 15 is 0 Å². The second kappa shape index (κ2) is 6.78. The summed E-state index contributed by atoms with van der Waals surface area (Å²) in [4.78, 5) is 10.6. The van der Waals surface area contributed by atoms with Crippen LogP contribution in [0, 0.1) is 11.2 Å². The smallest absolute Gasteiger partial charge is 0.220 e. The number of aliphatic imine (C=N–C) groups is 2. The first-order valence-corrected chi connectivity index (χ1v) is 9.13. The molecule has 1 aromatic rings. The largest absolute Gasteiger partial charge is 0.488 e. The summed E-state index contributed by atoms with van der Waals surface area (Å²) in [5.41, 5.74) is 12.0. The summed E-state index contributed by atoms with van der Waals surface area (Å²) in [6, 6.07) is 4.85. The van der Waals surface area contributed by atoms with Crippen LogP contribution in [-0.4, -0.2) is 24.2 Å². The van der Waals surface area contributed by atoms with Crippen molar-refractivity contribution in [3.05, 3.63) is 24.0 Å². The third kappa shape index (κ3) is 3.61. The van der Waals surface area contributed by atoms with E-state index in [1.54, 1.807) is 12.1 Å². The number of para-hydroxylation sites is 1. The van der Waals surface area contributed by atoms with Gasteiger partial charge in [0.1, 0.15) is 5.66 Å². The van der Waals surface area contributed by atoms with Crippen molar-refractivity contribution in [3.63, 3.8) is 0 Å². The van der Waals surface area contributed by atoms with Crippen LogP contribution in [0.5, 0.6) is 5.75 Å². The van der Waals surface area contributed by atoms with Crippen molar-refractivity contribution in [2.75, 3.05) is 11.5 Å². The van der Waals surface area contributed by atoms with Crippen molar-refractivity contribution in [2.24, 2.45) is 26.9 Å². The molecule has 0 saturated heterocycles. The number of anilines is 1. The summed E-state index contributed by atoms with van der Waals surface area (Å²) in [5, 5.41) is 0. The molecule has 1 fully saturated rings. The monoisotopic (exact) mass is 361 g/mol. The van der Waals surface area contributed by atoms with E-state index in [0.717, 1.165) is 32.1 Å². The predicted molar refractivity (Wildman–Crippen MR) is 103 cm³/mol. The fraction of sp³-hybridized carbons (Fsp3) is 0.579. The lowest BCUT2D eigenvalue weighted by atomic mass is 9.87. The van der Waals surface area contributed by atoms with E-state index in [2.05, 4.69) is 9.98 Å². The molecule has 1 aromatic carbocycles. The zero-order valence-electron chi connectivity index (χ0n) is 15.8. The van der Waals surface area contributed by atoms with Gasteiger partial charge in [-0.05, 0) is 43.2 Å². The number of nitrogens with two attached hydrogens (primary N) is 2. The average molecular weight is 361 g/mol. The molecule has 0 aromatic heterocycles. The molecule has 2 aliphatic rings. The van der Waals surface area contributed by atoms with Gasteiger partial charge in [-0.25, -0.2) is 9.38 Å². The second-order valence-electron chi connectivity index (χ2n) is 8.26. The zero-order valence-corrected chi connectivity index (χ0v) is 15.8. The van der Waals surface area contributed by atoms with Crippen LogP contribution in [0.1, 0.15) is 52.9 Å². The Balaban J connectivity index is 2.06. The van der Waals surface area contributed by atoms with E-state index in [4.69, 9.17) is 16.2 Å². The van der Waals surface area contributed by atoms with Crippen LogP contribution in [0.2, 0.25) is 0 Å².